The van der Waals surface area contributed by atoms with Crippen molar-refractivity contribution in [3.63, 3.8) is 0 Å². The van der Waals surface area contributed by atoms with Gasteiger partial charge < -0.3 is 5.32 Å². The number of aromatic nitrogens is 2. The summed E-state index contributed by atoms with van der Waals surface area (Å²) in [6.07, 6.45) is 1.21. The predicted octanol–water partition coefficient (Wildman–Crippen LogP) is 4.65. The maximum atomic E-state index is 4.80. The summed E-state index contributed by atoms with van der Waals surface area (Å²) >= 11 is 1.86. The highest BCUT2D eigenvalue weighted by atomic mass is 32.2. The van der Waals surface area contributed by atoms with Crippen LogP contribution in [0, 0.1) is 12.8 Å². The number of nitrogens with zero attached hydrogens (tertiary/aromatic N) is 2. The Morgan fingerprint density at radius 1 is 1.20 bits per heavy atom. The Hall–Kier alpha value is -0.770. The highest BCUT2D eigenvalue weighted by molar-refractivity contribution is 7.99. The van der Waals surface area contributed by atoms with E-state index in [1.54, 1.807) is 0 Å². The van der Waals surface area contributed by atoms with Gasteiger partial charge in [-0.25, -0.2) is 9.97 Å². The third-order valence-corrected chi connectivity index (χ3v) is 4.72. The molecule has 0 bridgehead atoms. The second-order valence-electron chi connectivity index (χ2n) is 6.43. The number of nitrogens with one attached hydrogen (secondary N) is 1. The van der Waals surface area contributed by atoms with Crippen LogP contribution < -0.4 is 5.32 Å². The molecule has 0 spiro atoms. The Kier molecular flexibility index (Phi) is 6.31. The number of hydrogen-bond donors (Lipinski definition) is 1. The lowest BCUT2D eigenvalue weighted by molar-refractivity contribution is 0.538. The smallest absolute Gasteiger partial charge is 0.137 e. The fraction of sp³-hybridized carbons (Fsp3) is 0.750. The summed E-state index contributed by atoms with van der Waals surface area (Å²) < 4.78 is 0. The van der Waals surface area contributed by atoms with Gasteiger partial charge in [0.05, 0.1) is 0 Å². The molecule has 0 aromatic carbocycles. The lowest BCUT2D eigenvalue weighted by atomic mass is 9.95. The van der Waals surface area contributed by atoms with Gasteiger partial charge in [-0.3, -0.25) is 0 Å². The summed E-state index contributed by atoms with van der Waals surface area (Å²) in [5.41, 5.74) is 1.15. The van der Waals surface area contributed by atoms with E-state index in [2.05, 4.69) is 53.8 Å². The quantitative estimate of drug-likeness (QED) is 0.612. The second kappa shape index (κ2) is 7.30. The third kappa shape index (κ3) is 4.65. The predicted molar refractivity (Wildman–Crippen MR) is 89.8 cm³/mol. The van der Waals surface area contributed by atoms with Crippen molar-refractivity contribution in [3.8, 4) is 0 Å². The van der Waals surface area contributed by atoms with Crippen LogP contribution in [-0.4, -0.2) is 22.3 Å². The molecule has 0 fully saturated rings. The van der Waals surface area contributed by atoms with Crippen LogP contribution in [-0.2, 0) is 5.41 Å². The fourth-order valence-electron chi connectivity index (χ4n) is 1.65. The molecule has 3 nitrogen and oxygen atoms in total. The largest absolute Gasteiger partial charge is 0.370 e. The van der Waals surface area contributed by atoms with Gasteiger partial charge in [0.2, 0.25) is 0 Å². The molecule has 1 heterocycles. The fourth-order valence-corrected chi connectivity index (χ4v) is 2.79. The standard InChI is InChI=1S/C16H29N3S/c1-8-11(3)10-20-14-12(4)13(17-9-2)18-15(19-14)16(5,6)7/h11H,8-10H2,1-7H3,(H,17,18,19). The monoisotopic (exact) mass is 295 g/mol. The summed E-state index contributed by atoms with van der Waals surface area (Å²) in [5.74, 6) is 3.74. The minimum atomic E-state index is -0.0243. The van der Waals surface area contributed by atoms with Crippen LogP contribution in [0.1, 0.15) is 59.4 Å². The van der Waals surface area contributed by atoms with Crippen LogP contribution in [0.2, 0.25) is 0 Å². The van der Waals surface area contributed by atoms with Gasteiger partial charge in [0.1, 0.15) is 16.7 Å². The Balaban J connectivity index is 3.10. The van der Waals surface area contributed by atoms with E-state index in [1.807, 2.05) is 11.8 Å². The molecule has 0 aliphatic carbocycles. The molecule has 1 aromatic rings. The maximum Gasteiger partial charge on any atom is 0.137 e. The van der Waals surface area contributed by atoms with Crippen molar-refractivity contribution in [3.05, 3.63) is 11.4 Å². The van der Waals surface area contributed by atoms with Crippen LogP contribution in [0.3, 0.4) is 0 Å². The lowest BCUT2D eigenvalue weighted by Crippen LogP contribution is -2.19. The number of thioether (sulfide) groups is 1. The van der Waals surface area contributed by atoms with Crippen molar-refractivity contribution >= 4 is 17.6 Å². The molecular weight excluding hydrogens is 266 g/mol. The van der Waals surface area contributed by atoms with Crippen molar-refractivity contribution in [1.82, 2.24) is 9.97 Å². The summed E-state index contributed by atoms with van der Waals surface area (Å²) in [6.45, 7) is 16.1. The molecule has 1 rings (SSSR count). The maximum absolute atomic E-state index is 4.80. The SMILES string of the molecule is CCNc1nc(C(C)(C)C)nc(SCC(C)CC)c1C. The van der Waals surface area contributed by atoms with E-state index in [-0.39, 0.29) is 5.41 Å². The summed E-state index contributed by atoms with van der Waals surface area (Å²) in [6, 6.07) is 0. The van der Waals surface area contributed by atoms with Crippen molar-refractivity contribution in [2.75, 3.05) is 17.6 Å². The first-order valence-electron chi connectivity index (χ1n) is 7.55. The molecule has 20 heavy (non-hydrogen) atoms. The van der Waals surface area contributed by atoms with E-state index in [4.69, 9.17) is 9.97 Å². The Bertz CT molecular complexity index is 438. The van der Waals surface area contributed by atoms with Crippen LogP contribution in [0.25, 0.3) is 0 Å². The van der Waals surface area contributed by atoms with E-state index in [9.17, 15) is 0 Å². The van der Waals surface area contributed by atoms with Gasteiger partial charge >= 0.3 is 0 Å². The molecule has 0 saturated heterocycles. The van der Waals surface area contributed by atoms with E-state index < -0.39 is 0 Å². The van der Waals surface area contributed by atoms with Crippen LogP contribution in [0.5, 0.6) is 0 Å². The van der Waals surface area contributed by atoms with Crippen molar-refractivity contribution in [2.45, 2.75) is 65.3 Å². The zero-order chi connectivity index (χ0) is 15.3. The van der Waals surface area contributed by atoms with Gasteiger partial charge in [0.15, 0.2) is 0 Å². The van der Waals surface area contributed by atoms with Gasteiger partial charge in [0, 0.05) is 23.3 Å². The minimum absolute atomic E-state index is 0.0243. The van der Waals surface area contributed by atoms with Crippen molar-refractivity contribution in [2.24, 2.45) is 5.92 Å². The molecule has 1 unspecified atom stereocenters. The summed E-state index contributed by atoms with van der Waals surface area (Å²) in [4.78, 5) is 9.51. The highest BCUT2D eigenvalue weighted by Gasteiger charge is 2.21. The molecule has 1 aromatic heterocycles. The first-order valence-corrected chi connectivity index (χ1v) is 8.53. The summed E-state index contributed by atoms with van der Waals surface area (Å²) in [7, 11) is 0. The third-order valence-electron chi connectivity index (χ3n) is 3.32. The van der Waals surface area contributed by atoms with Gasteiger partial charge in [0.25, 0.3) is 0 Å². The highest BCUT2D eigenvalue weighted by Crippen LogP contribution is 2.30. The van der Waals surface area contributed by atoms with Gasteiger partial charge in [-0.05, 0) is 19.8 Å². The minimum Gasteiger partial charge on any atom is -0.370 e. The Morgan fingerprint density at radius 2 is 1.85 bits per heavy atom. The summed E-state index contributed by atoms with van der Waals surface area (Å²) in [5, 5.41) is 4.49. The Labute approximate surface area is 128 Å². The molecule has 0 amide bonds. The molecule has 114 valence electrons. The van der Waals surface area contributed by atoms with Crippen molar-refractivity contribution < 1.29 is 0 Å². The van der Waals surface area contributed by atoms with Crippen LogP contribution in [0.15, 0.2) is 5.03 Å². The van der Waals surface area contributed by atoms with E-state index in [0.29, 0.717) is 0 Å². The zero-order valence-corrected chi connectivity index (χ0v) is 14.8. The molecule has 0 aliphatic heterocycles. The average Bonchev–Trinajstić information content (AvgIpc) is 2.38. The molecule has 0 saturated carbocycles. The number of hydrogen-bond acceptors (Lipinski definition) is 4. The van der Waals surface area contributed by atoms with E-state index in [1.165, 1.54) is 12.0 Å². The van der Waals surface area contributed by atoms with Gasteiger partial charge in [-0.2, -0.15) is 0 Å². The first-order chi connectivity index (χ1) is 9.29. The van der Waals surface area contributed by atoms with E-state index >= 15 is 0 Å². The normalized spacial score (nSPS) is 13.3. The molecular formula is C16H29N3S. The zero-order valence-electron chi connectivity index (χ0n) is 14.0. The first kappa shape index (κ1) is 17.3. The Morgan fingerprint density at radius 3 is 2.35 bits per heavy atom. The van der Waals surface area contributed by atoms with Crippen molar-refractivity contribution in [1.29, 1.82) is 0 Å². The number of rotatable bonds is 6. The van der Waals surface area contributed by atoms with Crippen LogP contribution >= 0.6 is 11.8 Å². The molecule has 0 aliphatic rings. The molecule has 1 atom stereocenters. The average molecular weight is 295 g/mol. The van der Waals surface area contributed by atoms with E-state index in [0.717, 1.165) is 34.9 Å². The lowest BCUT2D eigenvalue weighted by Gasteiger charge is -2.21. The molecule has 4 heteroatoms. The van der Waals surface area contributed by atoms with Gasteiger partial charge in [-0.1, -0.05) is 41.0 Å². The molecule has 0 radical (unpaired) electrons. The molecule has 1 N–H and O–H groups in total. The van der Waals surface area contributed by atoms with Gasteiger partial charge in [-0.15, -0.1) is 11.8 Å². The van der Waals surface area contributed by atoms with Crippen LogP contribution in [0.4, 0.5) is 5.82 Å². The number of anilines is 1. The second-order valence-corrected chi connectivity index (χ2v) is 7.44. The topological polar surface area (TPSA) is 37.8 Å².